The van der Waals surface area contributed by atoms with Gasteiger partial charge in [0.1, 0.15) is 11.6 Å². The lowest BCUT2D eigenvalue weighted by Gasteiger charge is -2.11. The smallest absolute Gasteiger partial charge is 0.128 e. The first kappa shape index (κ1) is 14.1. The van der Waals surface area contributed by atoms with Gasteiger partial charge in [0.2, 0.25) is 0 Å². The zero-order valence-electron chi connectivity index (χ0n) is 10.1. The monoisotopic (exact) mass is 301 g/mol. The Hall–Kier alpha value is -1.32. The van der Waals surface area contributed by atoms with Crippen LogP contribution in [0.3, 0.4) is 0 Å². The van der Waals surface area contributed by atoms with Gasteiger partial charge in [0.15, 0.2) is 0 Å². The van der Waals surface area contributed by atoms with Crippen LogP contribution in [0.4, 0.5) is 14.5 Å². The van der Waals surface area contributed by atoms with Gasteiger partial charge in [0.25, 0.3) is 0 Å². The summed E-state index contributed by atoms with van der Waals surface area (Å²) < 4.78 is 26.5. The van der Waals surface area contributed by atoms with E-state index in [0.717, 1.165) is 23.8 Å². The van der Waals surface area contributed by atoms with E-state index in [2.05, 4.69) is 5.32 Å². The van der Waals surface area contributed by atoms with E-state index >= 15 is 0 Å². The highest BCUT2D eigenvalue weighted by Gasteiger charge is 2.07. The lowest BCUT2D eigenvalue weighted by atomic mass is 10.2. The molecule has 0 spiro atoms. The highest BCUT2D eigenvalue weighted by molar-refractivity contribution is 6.35. The minimum absolute atomic E-state index is 0.128. The molecular formula is C14H11Cl2F2N. The Labute approximate surface area is 120 Å². The van der Waals surface area contributed by atoms with Crippen LogP contribution in [0.25, 0.3) is 0 Å². The molecule has 0 heterocycles. The van der Waals surface area contributed by atoms with E-state index in [1.54, 1.807) is 12.1 Å². The summed E-state index contributed by atoms with van der Waals surface area (Å²) in [5.41, 5.74) is 1.67. The van der Waals surface area contributed by atoms with E-state index in [4.69, 9.17) is 23.2 Å². The fraction of sp³-hybridized carbons (Fsp3) is 0.143. The van der Waals surface area contributed by atoms with Crippen molar-refractivity contribution >= 4 is 28.9 Å². The van der Waals surface area contributed by atoms with Crippen LogP contribution in [0.5, 0.6) is 0 Å². The van der Waals surface area contributed by atoms with Crippen molar-refractivity contribution in [1.29, 1.82) is 0 Å². The third kappa shape index (κ3) is 3.37. The molecular weight excluding hydrogens is 291 g/mol. The van der Waals surface area contributed by atoms with Crippen LogP contribution in [0.1, 0.15) is 11.1 Å². The largest absolute Gasteiger partial charge is 0.380 e. The molecule has 0 radical (unpaired) electrons. The summed E-state index contributed by atoms with van der Waals surface area (Å²) in [4.78, 5) is 0. The first-order valence-corrected chi connectivity index (χ1v) is 6.36. The molecule has 2 aromatic rings. The molecule has 0 aliphatic heterocycles. The molecule has 5 heteroatoms. The molecule has 0 aromatic heterocycles. The third-order valence-electron chi connectivity index (χ3n) is 2.73. The number of anilines is 1. The van der Waals surface area contributed by atoms with Crippen molar-refractivity contribution in [1.82, 2.24) is 0 Å². The highest BCUT2D eigenvalue weighted by Crippen LogP contribution is 2.29. The summed E-state index contributed by atoms with van der Waals surface area (Å²) in [6.07, 6.45) is 0. The summed E-state index contributed by atoms with van der Waals surface area (Å²) in [6, 6.07) is 6.70. The Balaban J connectivity index is 2.19. The number of halogens is 4. The van der Waals surface area contributed by atoms with Crippen LogP contribution in [0.2, 0.25) is 10.0 Å². The Morgan fingerprint density at radius 1 is 1.05 bits per heavy atom. The summed E-state index contributed by atoms with van der Waals surface area (Å²) in [5.74, 6) is -0.950. The lowest BCUT2D eigenvalue weighted by molar-refractivity contribution is 0.587. The van der Waals surface area contributed by atoms with Gasteiger partial charge in [-0.25, -0.2) is 8.78 Å². The average molecular weight is 302 g/mol. The summed E-state index contributed by atoms with van der Waals surface area (Å²) in [7, 11) is 0. The zero-order valence-corrected chi connectivity index (χ0v) is 11.6. The number of benzene rings is 2. The number of nitrogens with one attached hydrogen (secondary N) is 1. The molecule has 0 aliphatic carbocycles. The number of hydrogen-bond donors (Lipinski definition) is 1. The molecule has 1 N–H and O–H groups in total. The zero-order chi connectivity index (χ0) is 14.0. The molecule has 2 rings (SSSR count). The highest BCUT2D eigenvalue weighted by atomic mass is 35.5. The first-order valence-electron chi connectivity index (χ1n) is 5.61. The second kappa shape index (κ2) is 5.76. The van der Waals surface area contributed by atoms with Crippen LogP contribution in [-0.2, 0) is 6.54 Å². The molecule has 0 fully saturated rings. The van der Waals surface area contributed by atoms with Gasteiger partial charge in [-0.1, -0.05) is 23.2 Å². The maximum absolute atomic E-state index is 13.5. The molecule has 0 bridgehead atoms. The summed E-state index contributed by atoms with van der Waals surface area (Å²) >= 11 is 12.0. The molecule has 1 nitrogen and oxygen atoms in total. The fourth-order valence-electron chi connectivity index (χ4n) is 1.65. The Morgan fingerprint density at radius 3 is 2.53 bits per heavy atom. The molecule has 2 aromatic carbocycles. The van der Waals surface area contributed by atoms with Crippen molar-refractivity contribution in [3.63, 3.8) is 0 Å². The number of rotatable bonds is 3. The first-order chi connectivity index (χ1) is 8.97. The van der Waals surface area contributed by atoms with E-state index in [0.29, 0.717) is 15.7 Å². The molecule has 0 atom stereocenters. The van der Waals surface area contributed by atoms with Crippen molar-refractivity contribution in [2.24, 2.45) is 0 Å². The lowest BCUT2D eigenvalue weighted by Crippen LogP contribution is -2.03. The van der Waals surface area contributed by atoms with Crippen molar-refractivity contribution in [2.75, 3.05) is 5.32 Å². The molecule has 0 aliphatic rings. The number of aryl methyl sites for hydroxylation is 1. The van der Waals surface area contributed by atoms with Crippen LogP contribution in [0.15, 0.2) is 30.3 Å². The van der Waals surface area contributed by atoms with E-state index < -0.39 is 11.6 Å². The van der Waals surface area contributed by atoms with Gasteiger partial charge >= 0.3 is 0 Å². The van der Waals surface area contributed by atoms with Crippen molar-refractivity contribution in [3.05, 3.63) is 63.1 Å². The predicted molar refractivity (Wildman–Crippen MR) is 74.9 cm³/mol. The van der Waals surface area contributed by atoms with Crippen LogP contribution in [0, 0.1) is 18.6 Å². The van der Waals surface area contributed by atoms with Gasteiger partial charge < -0.3 is 5.32 Å². The molecule has 0 unspecified atom stereocenters. The van der Waals surface area contributed by atoms with Gasteiger partial charge in [-0.3, -0.25) is 0 Å². The van der Waals surface area contributed by atoms with Crippen molar-refractivity contribution in [2.45, 2.75) is 13.5 Å². The quantitative estimate of drug-likeness (QED) is 0.822. The second-order valence-electron chi connectivity index (χ2n) is 4.17. The van der Waals surface area contributed by atoms with E-state index in [9.17, 15) is 8.78 Å². The molecule has 0 amide bonds. The standard InChI is InChI=1S/C14H11Cl2F2N/c1-8-4-12(16)14(6-11(8)15)19-7-9-5-10(17)2-3-13(9)18/h2-6,19H,7H2,1H3. The summed E-state index contributed by atoms with van der Waals surface area (Å²) in [5, 5.41) is 3.99. The molecule has 0 saturated heterocycles. The van der Waals surface area contributed by atoms with E-state index in [1.807, 2.05) is 6.92 Å². The fourth-order valence-corrected chi connectivity index (χ4v) is 2.10. The van der Waals surface area contributed by atoms with Crippen molar-refractivity contribution < 1.29 is 8.78 Å². The molecule has 100 valence electrons. The normalized spacial score (nSPS) is 10.6. The van der Waals surface area contributed by atoms with E-state index in [-0.39, 0.29) is 12.1 Å². The topological polar surface area (TPSA) is 12.0 Å². The Morgan fingerprint density at radius 2 is 1.79 bits per heavy atom. The number of hydrogen-bond acceptors (Lipinski definition) is 1. The van der Waals surface area contributed by atoms with Crippen LogP contribution >= 0.6 is 23.2 Å². The van der Waals surface area contributed by atoms with Crippen LogP contribution in [-0.4, -0.2) is 0 Å². The Bertz CT molecular complexity index is 615. The SMILES string of the molecule is Cc1cc(Cl)c(NCc2cc(F)ccc2F)cc1Cl. The summed E-state index contributed by atoms with van der Waals surface area (Å²) in [6.45, 7) is 1.97. The average Bonchev–Trinajstić information content (AvgIpc) is 2.36. The molecule has 19 heavy (non-hydrogen) atoms. The molecule has 0 saturated carbocycles. The minimum atomic E-state index is -0.480. The Kier molecular flexibility index (Phi) is 4.27. The van der Waals surface area contributed by atoms with Gasteiger partial charge in [-0.15, -0.1) is 0 Å². The maximum atomic E-state index is 13.5. The predicted octanol–water partition coefficient (Wildman–Crippen LogP) is 5.19. The maximum Gasteiger partial charge on any atom is 0.128 e. The van der Waals surface area contributed by atoms with Crippen LogP contribution < -0.4 is 5.32 Å². The van der Waals surface area contributed by atoms with Gasteiger partial charge in [0, 0.05) is 17.1 Å². The van der Waals surface area contributed by atoms with Gasteiger partial charge in [0.05, 0.1) is 10.7 Å². The minimum Gasteiger partial charge on any atom is -0.380 e. The second-order valence-corrected chi connectivity index (χ2v) is 4.98. The van der Waals surface area contributed by atoms with E-state index in [1.165, 1.54) is 0 Å². The van der Waals surface area contributed by atoms with Crippen molar-refractivity contribution in [3.8, 4) is 0 Å². The third-order valence-corrected chi connectivity index (χ3v) is 3.45. The van der Waals surface area contributed by atoms with Gasteiger partial charge in [-0.2, -0.15) is 0 Å². The van der Waals surface area contributed by atoms with Gasteiger partial charge in [-0.05, 0) is 42.8 Å².